The number of nitrogens with one attached hydrogen (secondary N) is 3. The van der Waals surface area contributed by atoms with Crippen molar-refractivity contribution in [1.29, 1.82) is 0 Å². The van der Waals surface area contributed by atoms with Gasteiger partial charge in [0.05, 0.1) is 24.9 Å². The molecule has 0 bridgehead atoms. The van der Waals surface area contributed by atoms with Crippen LogP contribution in [0, 0.1) is 5.92 Å². The molecule has 0 spiro atoms. The minimum Gasteiger partial charge on any atom is -0.378 e. The fraction of sp³-hybridized carbons (Fsp3) is 0.414. The maximum atomic E-state index is 12.8. The van der Waals surface area contributed by atoms with Crippen LogP contribution in [0.25, 0.3) is 11.3 Å². The van der Waals surface area contributed by atoms with Gasteiger partial charge < -0.3 is 25.6 Å². The van der Waals surface area contributed by atoms with Crippen molar-refractivity contribution in [3.05, 3.63) is 60.8 Å². The number of hydrogen-bond donors (Lipinski definition) is 3. The number of carbonyl (C=O) groups is 1. The maximum absolute atomic E-state index is 12.8. The molecule has 1 aromatic heterocycles. The van der Waals surface area contributed by atoms with Gasteiger partial charge in [-0.15, -0.1) is 0 Å². The standard InChI is InChI=1S/C29H34N6O2/c36-28(27-19-21-3-1-2-4-25(21)33-27)31-22-7-5-20(6-8-22)26-13-14-30-29(34-26)32-23-9-11-24(12-10-23)35-15-17-37-18-16-35/h5-14,21,25,27,33H,1-4,15-19H2,(H,31,36)(H,30,32,34). The molecule has 3 heterocycles. The average Bonchev–Trinajstić information content (AvgIpc) is 3.39. The van der Waals surface area contributed by atoms with Gasteiger partial charge in [-0.2, -0.15) is 0 Å². The summed E-state index contributed by atoms with van der Waals surface area (Å²) in [6, 6.07) is 18.5. The highest BCUT2D eigenvalue weighted by molar-refractivity contribution is 5.95. The molecule has 3 aliphatic rings. The number of nitrogens with zero attached hydrogens (tertiary/aromatic N) is 3. The number of fused-ring (bicyclic) bond motifs is 1. The molecule has 3 fully saturated rings. The van der Waals surface area contributed by atoms with Gasteiger partial charge in [0, 0.05) is 48.0 Å². The quantitative estimate of drug-likeness (QED) is 0.458. The predicted octanol–water partition coefficient (Wildman–Crippen LogP) is 4.58. The lowest BCUT2D eigenvalue weighted by Crippen LogP contribution is -2.39. The first-order valence-corrected chi connectivity index (χ1v) is 13.4. The lowest BCUT2D eigenvalue weighted by Gasteiger charge is -2.28. The number of morpholine rings is 1. The van der Waals surface area contributed by atoms with E-state index in [0.29, 0.717) is 17.9 Å². The summed E-state index contributed by atoms with van der Waals surface area (Å²) in [6.45, 7) is 3.37. The van der Waals surface area contributed by atoms with E-state index in [9.17, 15) is 4.79 Å². The second-order valence-electron chi connectivity index (χ2n) is 10.2. The first-order valence-electron chi connectivity index (χ1n) is 13.4. The van der Waals surface area contributed by atoms with E-state index in [1.54, 1.807) is 6.20 Å². The molecule has 2 aliphatic heterocycles. The van der Waals surface area contributed by atoms with Crippen LogP contribution >= 0.6 is 0 Å². The van der Waals surface area contributed by atoms with E-state index in [-0.39, 0.29) is 11.9 Å². The normalized spacial score (nSPS) is 23.4. The van der Waals surface area contributed by atoms with Crippen LogP contribution in [-0.4, -0.2) is 54.3 Å². The molecule has 6 rings (SSSR count). The van der Waals surface area contributed by atoms with Gasteiger partial charge in [-0.25, -0.2) is 9.97 Å². The zero-order valence-electron chi connectivity index (χ0n) is 21.0. The molecule has 1 saturated carbocycles. The Morgan fingerprint density at radius 3 is 2.49 bits per heavy atom. The van der Waals surface area contributed by atoms with Crippen LogP contribution in [0.15, 0.2) is 60.8 Å². The Kier molecular flexibility index (Phi) is 7.01. The Morgan fingerprint density at radius 1 is 0.946 bits per heavy atom. The Balaban J connectivity index is 1.07. The summed E-state index contributed by atoms with van der Waals surface area (Å²) in [5.41, 5.74) is 4.72. The molecule has 2 saturated heterocycles. The van der Waals surface area contributed by atoms with Crippen molar-refractivity contribution in [2.24, 2.45) is 5.92 Å². The van der Waals surface area contributed by atoms with Gasteiger partial charge in [0.25, 0.3) is 0 Å². The molecule has 8 heteroatoms. The minimum atomic E-state index is -0.0915. The number of benzene rings is 2. The summed E-state index contributed by atoms with van der Waals surface area (Å²) in [6.07, 6.45) is 7.70. The number of aromatic nitrogens is 2. The summed E-state index contributed by atoms with van der Waals surface area (Å²) in [7, 11) is 0. The van der Waals surface area contributed by atoms with Gasteiger partial charge in [-0.3, -0.25) is 4.79 Å². The van der Waals surface area contributed by atoms with Crippen LogP contribution in [0.1, 0.15) is 32.1 Å². The van der Waals surface area contributed by atoms with Crippen molar-refractivity contribution in [2.75, 3.05) is 41.8 Å². The van der Waals surface area contributed by atoms with E-state index in [1.807, 2.05) is 42.5 Å². The summed E-state index contributed by atoms with van der Waals surface area (Å²) in [5, 5.41) is 9.94. The van der Waals surface area contributed by atoms with Crippen LogP contribution in [0.5, 0.6) is 0 Å². The first kappa shape index (κ1) is 23.9. The fourth-order valence-corrected chi connectivity index (χ4v) is 5.76. The molecular formula is C29H34N6O2. The molecule has 192 valence electrons. The molecule has 8 nitrogen and oxygen atoms in total. The molecule has 2 aromatic carbocycles. The third-order valence-corrected chi connectivity index (χ3v) is 7.78. The van der Waals surface area contributed by atoms with Crippen molar-refractivity contribution in [3.63, 3.8) is 0 Å². The highest BCUT2D eigenvalue weighted by Crippen LogP contribution is 2.33. The minimum absolute atomic E-state index is 0.0651. The average molecular weight is 499 g/mol. The number of hydrogen-bond acceptors (Lipinski definition) is 7. The summed E-state index contributed by atoms with van der Waals surface area (Å²) in [5.74, 6) is 1.26. The molecule has 37 heavy (non-hydrogen) atoms. The highest BCUT2D eigenvalue weighted by atomic mass is 16.5. The van der Waals surface area contributed by atoms with E-state index in [4.69, 9.17) is 9.72 Å². The van der Waals surface area contributed by atoms with Gasteiger partial charge >= 0.3 is 0 Å². The zero-order valence-corrected chi connectivity index (χ0v) is 21.0. The van der Waals surface area contributed by atoms with Crippen molar-refractivity contribution in [3.8, 4) is 11.3 Å². The van der Waals surface area contributed by atoms with Gasteiger partial charge in [0.1, 0.15) is 0 Å². The molecular weight excluding hydrogens is 464 g/mol. The van der Waals surface area contributed by atoms with E-state index >= 15 is 0 Å². The van der Waals surface area contributed by atoms with E-state index in [1.165, 1.54) is 31.4 Å². The van der Waals surface area contributed by atoms with Crippen molar-refractivity contribution in [2.45, 2.75) is 44.2 Å². The molecule has 1 aliphatic carbocycles. The molecule has 3 aromatic rings. The predicted molar refractivity (Wildman–Crippen MR) is 146 cm³/mol. The van der Waals surface area contributed by atoms with Crippen LogP contribution in [-0.2, 0) is 9.53 Å². The monoisotopic (exact) mass is 498 g/mol. The van der Waals surface area contributed by atoms with Crippen LogP contribution < -0.4 is 20.9 Å². The third kappa shape index (κ3) is 5.60. The number of carbonyl (C=O) groups excluding carboxylic acids is 1. The third-order valence-electron chi connectivity index (χ3n) is 7.78. The number of amides is 1. The lowest BCUT2D eigenvalue weighted by molar-refractivity contribution is -0.117. The van der Waals surface area contributed by atoms with Crippen LogP contribution in [0.3, 0.4) is 0 Å². The SMILES string of the molecule is O=C(Nc1ccc(-c2ccnc(Nc3ccc(N4CCOCC4)cc3)n2)cc1)C1CC2CCCCC2N1. The van der Waals surface area contributed by atoms with Gasteiger partial charge in [-0.1, -0.05) is 25.0 Å². The second-order valence-corrected chi connectivity index (χ2v) is 10.2. The van der Waals surface area contributed by atoms with Crippen molar-refractivity contribution < 1.29 is 9.53 Å². The summed E-state index contributed by atoms with van der Waals surface area (Å²) in [4.78, 5) is 24.2. The highest BCUT2D eigenvalue weighted by Gasteiger charge is 2.38. The van der Waals surface area contributed by atoms with Gasteiger partial charge in [-0.05, 0) is 67.6 Å². The van der Waals surface area contributed by atoms with E-state index < -0.39 is 0 Å². The number of rotatable bonds is 6. The Labute approximate surface area is 217 Å². The smallest absolute Gasteiger partial charge is 0.241 e. The number of anilines is 4. The zero-order chi connectivity index (χ0) is 25.0. The lowest BCUT2D eigenvalue weighted by atomic mass is 9.85. The largest absolute Gasteiger partial charge is 0.378 e. The van der Waals surface area contributed by atoms with Crippen molar-refractivity contribution in [1.82, 2.24) is 15.3 Å². The molecule has 3 atom stereocenters. The molecule has 3 unspecified atom stereocenters. The van der Waals surface area contributed by atoms with Gasteiger partial charge in [0.15, 0.2) is 0 Å². The second kappa shape index (κ2) is 10.9. The van der Waals surface area contributed by atoms with Crippen molar-refractivity contribution >= 4 is 28.9 Å². The number of ether oxygens (including phenoxy) is 1. The molecule has 1 amide bonds. The first-order chi connectivity index (χ1) is 18.2. The fourth-order valence-electron chi connectivity index (χ4n) is 5.76. The Hall–Kier alpha value is -3.49. The maximum Gasteiger partial charge on any atom is 0.241 e. The summed E-state index contributed by atoms with van der Waals surface area (Å²) >= 11 is 0. The van der Waals surface area contributed by atoms with Crippen LogP contribution in [0.4, 0.5) is 23.0 Å². The van der Waals surface area contributed by atoms with E-state index in [2.05, 4.69) is 38.0 Å². The van der Waals surface area contributed by atoms with Crippen LogP contribution in [0.2, 0.25) is 0 Å². The topological polar surface area (TPSA) is 91.4 Å². The van der Waals surface area contributed by atoms with E-state index in [0.717, 1.165) is 55.4 Å². The Bertz CT molecular complexity index is 1200. The van der Waals surface area contributed by atoms with Gasteiger partial charge in [0.2, 0.25) is 11.9 Å². The molecule has 3 N–H and O–H groups in total. The summed E-state index contributed by atoms with van der Waals surface area (Å²) < 4.78 is 5.44. The Morgan fingerprint density at radius 2 is 1.70 bits per heavy atom. The molecule has 0 radical (unpaired) electrons.